The molecule has 134 valence electrons. The number of hydrogen-bond acceptors (Lipinski definition) is 3. The third-order valence-electron chi connectivity index (χ3n) is 6.63. The van der Waals surface area contributed by atoms with Crippen molar-refractivity contribution in [2.75, 3.05) is 6.61 Å². The molecule has 3 heteroatoms. The first-order valence-electron chi connectivity index (χ1n) is 9.28. The Morgan fingerprint density at radius 3 is 2.52 bits per heavy atom. The Labute approximate surface area is 150 Å². The first-order chi connectivity index (χ1) is 11.8. The number of ketones is 1. The van der Waals surface area contributed by atoms with Gasteiger partial charge in [0.1, 0.15) is 0 Å². The standard InChI is InChI=1S/C22H28O3/c1-5-25-20(24)16(13-15-9-7-6-8-10-15)14-17-18-11-12-22(4,19(17)23)21(18,2)3/h6-10,14,16,18H,5,11-13H2,1-4H3/b17-14+/t16-,18-,22+/m1/s1. The molecular formula is C22H28O3. The minimum atomic E-state index is -0.403. The molecule has 0 aromatic heterocycles. The largest absolute Gasteiger partial charge is 0.466 e. The monoisotopic (exact) mass is 340 g/mol. The molecule has 2 saturated carbocycles. The Morgan fingerprint density at radius 2 is 1.96 bits per heavy atom. The molecule has 2 fully saturated rings. The summed E-state index contributed by atoms with van der Waals surface area (Å²) in [5, 5.41) is 0. The zero-order valence-electron chi connectivity index (χ0n) is 15.7. The Bertz CT molecular complexity index is 701. The van der Waals surface area contributed by atoms with Crippen molar-refractivity contribution < 1.29 is 14.3 Å². The van der Waals surface area contributed by atoms with E-state index in [1.807, 2.05) is 43.3 Å². The van der Waals surface area contributed by atoms with Gasteiger partial charge in [-0.2, -0.15) is 0 Å². The number of fused-ring (bicyclic) bond motifs is 2. The highest BCUT2D eigenvalue weighted by Gasteiger charge is 2.63. The predicted octanol–water partition coefficient (Wildman–Crippen LogP) is 4.36. The maximum Gasteiger partial charge on any atom is 0.313 e. The van der Waals surface area contributed by atoms with Gasteiger partial charge in [-0.05, 0) is 48.7 Å². The molecule has 3 rings (SSSR count). The molecule has 0 unspecified atom stereocenters. The fraction of sp³-hybridized carbons (Fsp3) is 0.545. The van der Waals surface area contributed by atoms with Crippen LogP contribution in [0, 0.1) is 22.7 Å². The zero-order valence-corrected chi connectivity index (χ0v) is 15.7. The lowest BCUT2D eigenvalue weighted by Gasteiger charge is -2.31. The van der Waals surface area contributed by atoms with Gasteiger partial charge < -0.3 is 4.74 Å². The second kappa shape index (κ2) is 6.44. The lowest BCUT2D eigenvalue weighted by molar-refractivity contribution is -0.146. The van der Waals surface area contributed by atoms with Crippen LogP contribution in [-0.4, -0.2) is 18.4 Å². The van der Waals surface area contributed by atoms with E-state index in [2.05, 4.69) is 20.8 Å². The van der Waals surface area contributed by atoms with Crippen LogP contribution in [0.15, 0.2) is 42.0 Å². The molecule has 3 nitrogen and oxygen atoms in total. The van der Waals surface area contributed by atoms with Crippen LogP contribution in [0.25, 0.3) is 0 Å². The van der Waals surface area contributed by atoms with Crippen molar-refractivity contribution in [2.45, 2.75) is 47.0 Å². The average Bonchev–Trinajstić information content (AvgIpc) is 2.89. The highest BCUT2D eigenvalue weighted by atomic mass is 16.5. The van der Waals surface area contributed by atoms with E-state index in [1.165, 1.54) is 0 Å². The number of benzene rings is 1. The summed E-state index contributed by atoms with van der Waals surface area (Å²) < 4.78 is 5.28. The maximum atomic E-state index is 13.1. The lowest BCUT2D eigenvalue weighted by atomic mass is 9.70. The second-order valence-corrected chi connectivity index (χ2v) is 8.14. The number of esters is 1. The summed E-state index contributed by atoms with van der Waals surface area (Å²) in [6, 6.07) is 9.93. The number of carbonyl (C=O) groups is 2. The van der Waals surface area contributed by atoms with Crippen molar-refractivity contribution in [2.24, 2.45) is 22.7 Å². The van der Waals surface area contributed by atoms with Crippen LogP contribution < -0.4 is 0 Å². The Balaban J connectivity index is 1.93. The lowest BCUT2D eigenvalue weighted by Crippen LogP contribution is -2.32. The summed E-state index contributed by atoms with van der Waals surface area (Å²) >= 11 is 0. The quantitative estimate of drug-likeness (QED) is 0.591. The SMILES string of the molecule is CCOC(=O)[C@@H](/C=C1/C(=O)[C@]2(C)CC[C@H]1C2(C)C)Cc1ccccc1. The molecular weight excluding hydrogens is 312 g/mol. The first-order valence-corrected chi connectivity index (χ1v) is 9.28. The van der Waals surface area contributed by atoms with Gasteiger partial charge in [-0.15, -0.1) is 0 Å². The summed E-state index contributed by atoms with van der Waals surface area (Å²) in [5.74, 6) is -0.161. The third-order valence-corrected chi connectivity index (χ3v) is 6.63. The van der Waals surface area contributed by atoms with Crippen molar-refractivity contribution in [3.05, 3.63) is 47.5 Å². The average molecular weight is 340 g/mol. The van der Waals surface area contributed by atoms with Crippen LogP contribution >= 0.6 is 0 Å². The van der Waals surface area contributed by atoms with E-state index in [-0.39, 0.29) is 28.5 Å². The molecule has 1 aromatic rings. The molecule has 0 amide bonds. The van der Waals surface area contributed by atoms with E-state index in [0.29, 0.717) is 13.0 Å². The Hall–Kier alpha value is -1.90. The van der Waals surface area contributed by atoms with Gasteiger partial charge in [-0.25, -0.2) is 0 Å². The molecule has 2 aliphatic rings. The number of carbonyl (C=O) groups excluding carboxylic acids is 2. The highest BCUT2D eigenvalue weighted by molar-refractivity contribution is 6.05. The number of ether oxygens (including phenoxy) is 1. The van der Waals surface area contributed by atoms with Crippen LogP contribution in [-0.2, 0) is 20.7 Å². The van der Waals surface area contributed by atoms with Crippen LogP contribution in [0.1, 0.15) is 46.1 Å². The number of allylic oxidation sites excluding steroid dienone is 1. The fourth-order valence-corrected chi connectivity index (χ4v) is 4.66. The number of hydrogen-bond donors (Lipinski definition) is 0. The molecule has 0 spiro atoms. The molecule has 25 heavy (non-hydrogen) atoms. The van der Waals surface area contributed by atoms with Crippen LogP contribution in [0.2, 0.25) is 0 Å². The fourth-order valence-electron chi connectivity index (χ4n) is 4.66. The molecule has 0 N–H and O–H groups in total. The van der Waals surface area contributed by atoms with Gasteiger partial charge in [-0.3, -0.25) is 9.59 Å². The van der Waals surface area contributed by atoms with Crippen LogP contribution in [0.5, 0.6) is 0 Å². The van der Waals surface area contributed by atoms with Gasteiger partial charge in [0.25, 0.3) is 0 Å². The molecule has 0 aliphatic heterocycles. The van der Waals surface area contributed by atoms with E-state index < -0.39 is 5.92 Å². The van der Waals surface area contributed by atoms with Crippen molar-refractivity contribution >= 4 is 11.8 Å². The molecule has 2 aliphatic carbocycles. The number of Topliss-reactive ketones (excluding diaryl/α,β-unsaturated/α-hetero) is 1. The third kappa shape index (κ3) is 2.84. The maximum absolute atomic E-state index is 13.1. The minimum absolute atomic E-state index is 0.0398. The van der Waals surface area contributed by atoms with E-state index in [9.17, 15) is 9.59 Å². The van der Waals surface area contributed by atoms with Gasteiger partial charge in [0, 0.05) is 5.41 Å². The van der Waals surface area contributed by atoms with E-state index in [0.717, 1.165) is 24.0 Å². The molecule has 3 atom stereocenters. The van der Waals surface area contributed by atoms with E-state index >= 15 is 0 Å². The Morgan fingerprint density at radius 1 is 1.28 bits per heavy atom. The van der Waals surface area contributed by atoms with Crippen molar-refractivity contribution in [3.63, 3.8) is 0 Å². The van der Waals surface area contributed by atoms with Gasteiger partial charge in [0.05, 0.1) is 12.5 Å². The summed E-state index contributed by atoms with van der Waals surface area (Å²) in [5.41, 5.74) is 1.60. The molecule has 1 aromatic carbocycles. The summed E-state index contributed by atoms with van der Waals surface area (Å²) in [4.78, 5) is 25.6. The van der Waals surface area contributed by atoms with Gasteiger partial charge in [-0.1, -0.05) is 57.2 Å². The van der Waals surface area contributed by atoms with Crippen molar-refractivity contribution in [1.82, 2.24) is 0 Å². The highest BCUT2D eigenvalue weighted by Crippen LogP contribution is 2.65. The zero-order chi connectivity index (χ0) is 18.2. The molecule has 0 saturated heterocycles. The normalized spacial score (nSPS) is 29.8. The van der Waals surface area contributed by atoms with Crippen LogP contribution in [0.3, 0.4) is 0 Å². The van der Waals surface area contributed by atoms with Gasteiger partial charge in [0.2, 0.25) is 0 Å². The van der Waals surface area contributed by atoms with Crippen molar-refractivity contribution in [3.8, 4) is 0 Å². The summed E-state index contributed by atoms with van der Waals surface area (Å²) in [6.07, 6.45) is 4.47. The van der Waals surface area contributed by atoms with E-state index in [1.54, 1.807) is 0 Å². The first kappa shape index (κ1) is 17.9. The molecule has 0 heterocycles. The molecule has 0 radical (unpaired) electrons. The second-order valence-electron chi connectivity index (χ2n) is 8.14. The van der Waals surface area contributed by atoms with Gasteiger partial charge in [0.15, 0.2) is 5.78 Å². The van der Waals surface area contributed by atoms with E-state index in [4.69, 9.17) is 4.74 Å². The van der Waals surface area contributed by atoms with Crippen molar-refractivity contribution in [1.29, 1.82) is 0 Å². The smallest absolute Gasteiger partial charge is 0.313 e. The van der Waals surface area contributed by atoms with Gasteiger partial charge >= 0.3 is 5.97 Å². The van der Waals surface area contributed by atoms with Crippen LogP contribution in [0.4, 0.5) is 0 Å². The number of rotatable bonds is 5. The summed E-state index contributed by atoms with van der Waals surface area (Å²) in [7, 11) is 0. The Kier molecular flexibility index (Phi) is 4.61. The molecule has 2 bridgehead atoms. The minimum Gasteiger partial charge on any atom is -0.466 e. The summed E-state index contributed by atoms with van der Waals surface area (Å²) in [6.45, 7) is 8.65. The topological polar surface area (TPSA) is 43.4 Å². The predicted molar refractivity (Wildman–Crippen MR) is 98.0 cm³/mol.